The van der Waals surface area contributed by atoms with Crippen molar-refractivity contribution in [3.8, 4) is 11.9 Å². The number of halogens is 6. The largest absolute Gasteiger partial charge is 0.491 e. The predicted molar refractivity (Wildman–Crippen MR) is 132 cm³/mol. The number of aromatic nitrogens is 2. The van der Waals surface area contributed by atoms with Crippen LogP contribution in [0.2, 0.25) is 0 Å². The van der Waals surface area contributed by atoms with Gasteiger partial charge in [-0.3, -0.25) is 4.79 Å². The molecule has 3 aromatic rings. The number of urea groups is 1. The third kappa shape index (κ3) is 5.80. The van der Waals surface area contributed by atoms with Crippen LogP contribution < -0.4 is 15.0 Å². The number of para-hydroxylation sites is 1. The van der Waals surface area contributed by atoms with E-state index in [1.165, 1.54) is 26.0 Å². The van der Waals surface area contributed by atoms with Crippen molar-refractivity contribution in [1.29, 1.82) is 5.26 Å². The fourth-order valence-corrected chi connectivity index (χ4v) is 4.01. The van der Waals surface area contributed by atoms with Crippen LogP contribution in [-0.2, 0) is 22.3 Å². The standard InChI is InChI=1S/C26H18F6N6O4/c1-24(2)21(39)38(16-8-7-14(12-33)17(11-16)25(27,28)29)23(41)37(24)13-15-5-3-4-6-18(15)34-19-9-10-20(36-35-19)42-22(40)26(30,31)32/h3-11H,13H2,1-2H3,(H,34,35). The number of anilines is 3. The molecule has 0 spiro atoms. The maximum Gasteiger partial charge on any atom is 0.491 e. The number of ether oxygens (including phenoxy) is 1. The van der Waals surface area contributed by atoms with Crippen molar-refractivity contribution in [2.24, 2.45) is 0 Å². The SMILES string of the molecule is CC1(C)C(=O)N(c2ccc(C#N)c(C(F)(F)F)c2)C(=O)N1Cc1ccccc1Nc1ccc(OC(=O)C(F)(F)F)nn1. The molecule has 2 heterocycles. The zero-order chi connectivity index (χ0) is 31.0. The van der Waals surface area contributed by atoms with E-state index < -0.39 is 52.8 Å². The van der Waals surface area contributed by atoms with Gasteiger partial charge in [-0.2, -0.15) is 31.6 Å². The number of nitriles is 1. The second-order valence-corrected chi connectivity index (χ2v) is 9.33. The lowest BCUT2D eigenvalue weighted by Gasteiger charge is -2.28. The molecule has 0 aliphatic carbocycles. The molecule has 0 unspecified atom stereocenters. The van der Waals surface area contributed by atoms with Gasteiger partial charge in [0, 0.05) is 11.8 Å². The highest BCUT2D eigenvalue weighted by atomic mass is 19.4. The first kappa shape index (κ1) is 29.8. The Balaban J connectivity index is 1.58. The maximum absolute atomic E-state index is 13.5. The molecule has 42 heavy (non-hydrogen) atoms. The van der Waals surface area contributed by atoms with Gasteiger partial charge in [-0.05, 0) is 49.7 Å². The van der Waals surface area contributed by atoms with Crippen molar-refractivity contribution < 1.29 is 45.5 Å². The number of esters is 1. The molecule has 1 saturated heterocycles. The molecule has 2 aromatic carbocycles. The van der Waals surface area contributed by atoms with Gasteiger partial charge in [0.2, 0.25) is 5.88 Å². The van der Waals surface area contributed by atoms with E-state index in [4.69, 9.17) is 5.26 Å². The molecule has 3 amide bonds. The Hall–Kier alpha value is -5.20. The van der Waals surface area contributed by atoms with Crippen molar-refractivity contribution in [2.75, 3.05) is 10.2 Å². The number of hydrogen-bond donors (Lipinski definition) is 1. The van der Waals surface area contributed by atoms with Crippen LogP contribution in [0, 0.1) is 11.3 Å². The van der Waals surface area contributed by atoms with E-state index in [9.17, 15) is 40.7 Å². The second-order valence-electron chi connectivity index (χ2n) is 9.33. The van der Waals surface area contributed by atoms with Gasteiger partial charge in [-0.1, -0.05) is 18.2 Å². The number of nitrogens with one attached hydrogen (secondary N) is 1. The van der Waals surface area contributed by atoms with E-state index in [1.54, 1.807) is 24.3 Å². The molecular weight excluding hydrogens is 574 g/mol. The van der Waals surface area contributed by atoms with Crippen LogP contribution in [0.5, 0.6) is 5.88 Å². The molecule has 218 valence electrons. The number of benzene rings is 2. The van der Waals surface area contributed by atoms with Crippen LogP contribution >= 0.6 is 0 Å². The van der Waals surface area contributed by atoms with Gasteiger partial charge < -0.3 is 15.0 Å². The summed E-state index contributed by atoms with van der Waals surface area (Å²) in [6.07, 6.45) is -10.1. The third-order valence-electron chi connectivity index (χ3n) is 6.19. The van der Waals surface area contributed by atoms with Gasteiger partial charge in [0.25, 0.3) is 5.91 Å². The highest BCUT2D eigenvalue weighted by molar-refractivity contribution is 6.23. The first-order valence-corrected chi connectivity index (χ1v) is 11.8. The summed E-state index contributed by atoms with van der Waals surface area (Å²) in [5.41, 5.74) is -3.05. The Morgan fingerprint density at radius 2 is 1.71 bits per heavy atom. The van der Waals surface area contributed by atoms with Gasteiger partial charge in [0.05, 0.1) is 29.4 Å². The van der Waals surface area contributed by atoms with Crippen LogP contribution in [0.1, 0.15) is 30.5 Å². The van der Waals surface area contributed by atoms with Gasteiger partial charge >= 0.3 is 24.4 Å². The molecule has 1 aliphatic heterocycles. The summed E-state index contributed by atoms with van der Waals surface area (Å²) in [5.74, 6) is -3.95. The quantitative estimate of drug-likeness (QED) is 0.231. The molecule has 1 aliphatic rings. The molecule has 4 rings (SSSR count). The lowest BCUT2D eigenvalue weighted by atomic mass is 10.0. The van der Waals surface area contributed by atoms with Crippen LogP contribution in [0.25, 0.3) is 0 Å². The Morgan fingerprint density at radius 3 is 2.31 bits per heavy atom. The van der Waals surface area contributed by atoms with E-state index in [0.717, 1.165) is 23.1 Å². The fourth-order valence-electron chi connectivity index (χ4n) is 4.01. The first-order valence-electron chi connectivity index (χ1n) is 11.8. The van der Waals surface area contributed by atoms with E-state index in [0.29, 0.717) is 22.2 Å². The van der Waals surface area contributed by atoms with Gasteiger partial charge in [0.15, 0.2) is 5.82 Å². The van der Waals surface area contributed by atoms with Gasteiger partial charge in [0.1, 0.15) is 5.54 Å². The molecular formula is C26H18F6N6O4. The highest BCUT2D eigenvalue weighted by Crippen LogP contribution is 2.38. The molecule has 0 saturated carbocycles. The zero-order valence-corrected chi connectivity index (χ0v) is 21.5. The normalized spacial score (nSPS) is 15.0. The summed E-state index contributed by atoms with van der Waals surface area (Å²) in [7, 11) is 0. The summed E-state index contributed by atoms with van der Waals surface area (Å²) < 4.78 is 81.9. The highest BCUT2D eigenvalue weighted by Gasteiger charge is 2.52. The van der Waals surface area contributed by atoms with Gasteiger partial charge in [-0.25, -0.2) is 14.5 Å². The molecule has 16 heteroatoms. The minimum Gasteiger partial charge on any atom is -0.399 e. The third-order valence-corrected chi connectivity index (χ3v) is 6.19. The number of alkyl halides is 6. The molecule has 1 aromatic heterocycles. The Kier molecular flexibility index (Phi) is 7.55. The smallest absolute Gasteiger partial charge is 0.399 e. The minimum absolute atomic E-state index is 0.0243. The Labute approximate surface area is 233 Å². The molecule has 1 N–H and O–H groups in total. The number of rotatable bonds is 6. The lowest BCUT2D eigenvalue weighted by Crippen LogP contribution is -2.43. The average Bonchev–Trinajstić information content (AvgIpc) is 3.08. The minimum atomic E-state index is -5.23. The topological polar surface area (TPSA) is 129 Å². The van der Waals surface area contributed by atoms with Crippen molar-refractivity contribution in [3.63, 3.8) is 0 Å². The summed E-state index contributed by atoms with van der Waals surface area (Å²) in [5, 5.41) is 19.0. The van der Waals surface area contributed by atoms with Crippen LogP contribution in [0.4, 0.5) is 48.3 Å². The lowest BCUT2D eigenvalue weighted by molar-refractivity contribution is -0.190. The van der Waals surface area contributed by atoms with Crippen molar-refractivity contribution in [3.05, 3.63) is 71.3 Å². The van der Waals surface area contributed by atoms with E-state index in [-0.39, 0.29) is 18.1 Å². The van der Waals surface area contributed by atoms with Crippen LogP contribution in [0.15, 0.2) is 54.6 Å². The second kappa shape index (κ2) is 10.7. The zero-order valence-electron chi connectivity index (χ0n) is 21.5. The number of amides is 3. The average molecular weight is 592 g/mol. The molecule has 0 bridgehead atoms. The Bertz CT molecular complexity index is 1600. The predicted octanol–water partition coefficient (Wildman–Crippen LogP) is 5.33. The van der Waals surface area contributed by atoms with Gasteiger partial charge in [-0.15, -0.1) is 10.2 Å². The van der Waals surface area contributed by atoms with Crippen molar-refractivity contribution >= 4 is 35.1 Å². The molecule has 0 atom stereocenters. The number of hydrogen-bond acceptors (Lipinski definition) is 8. The number of nitrogens with zero attached hydrogens (tertiary/aromatic N) is 5. The monoisotopic (exact) mass is 592 g/mol. The summed E-state index contributed by atoms with van der Waals surface area (Å²) >= 11 is 0. The summed E-state index contributed by atoms with van der Waals surface area (Å²) in [6, 6.07) is 11.6. The first-order chi connectivity index (χ1) is 19.5. The van der Waals surface area contributed by atoms with Crippen molar-refractivity contribution in [2.45, 2.75) is 38.3 Å². The molecule has 1 fully saturated rings. The fraction of sp³-hybridized carbons (Fsp3) is 0.231. The van der Waals surface area contributed by atoms with E-state index in [1.807, 2.05) is 0 Å². The number of imide groups is 1. The molecule has 0 radical (unpaired) electrons. The number of carbonyl (C=O) groups is 3. The summed E-state index contributed by atoms with van der Waals surface area (Å²) in [4.78, 5) is 39.4. The summed E-state index contributed by atoms with van der Waals surface area (Å²) in [6.45, 7) is 2.64. The number of carbonyl (C=O) groups excluding carboxylic acids is 3. The Morgan fingerprint density at radius 1 is 1.02 bits per heavy atom. The van der Waals surface area contributed by atoms with Crippen molar-refractivity contribution in [1.82, 2.24) is 15.1 Å². The van der Waals surface area contributed by atoms with E-state index >= 15 is 0 Å². The maximum atomic E-state index is 13.5. The van der Waals surface area contributed by atoms with Crippen LogP contribution in [0.3, 0.4) is 0 Å². The van der Waals surface area contributed by atoms with E-state index in [2.05, 4.69) is 20.3 Å². The van der Waals surface area contributed by atoms with Crippen LogP contribution in [-0.4, -0.2) is 44.7 Å². The molecule has 10 nitrogen and oxygen atoms in total.